The molecule has 9 heteroatoms. The number of rotatable bonds is 3. The molecule has 124 valence electrons. The maximum Gasteiger partial charge on any atom is 0.414 e. The molecule has 0 amide bonds. The summed E-state index contributed by atoms with van der Waals surface area (Å²) in [5.41, 5.74) is 7.52. The Bertz CT molecular complexity index is 521. The van der Waals surface area contributed by atoms with E-state index in [-0.39, 0.29) is 0 Å². The first-order chi connectivity index (χ1) is 9.98. The summed E-state index contributed by atoms with van der Waals surface area (Å²) >= 11 is 0. The highest BCUT2D eigenvalue weighted by atomic mass is 19.4. The summed E-state index contributed by atoms with van der Waals surface area (Å²) in [5.74, 6) is -3.65. The van der Waals surface area contributed by atoms with Crippen LogP contribution in [0.5, 0.6) is 0 Å². The standard InChI is InChI=1S/C11H15F3N2.C2H2O4/c1-7-3-4-9(5-8(7)2)16-10(6-15)11(12,13)14;3-1(4)2(5)6/h3-5,10,16H,6,15H2,1-2H3;(H,3,4)(H,5,6). The third kappa shape index (κ3) is 6.93. The summed E-state index contributed by atoms with van der Waals surface area (Å²) in [6, 6.07) is 3.39. The Morgan fingerprint density at radius 3 is 2.00 bits per heavy atom. The van der Waals surface area contributed by atoms with E-state index in [1.807, 2.05) is 13.8 Å². The topological polar surface area (TPSA) is 113 Å². The van der Waals surface area contributed by atoms with Crippen LogP contribution in [-0.4, -0.2) is 40.9 Å². The molecular weight excluding hydrogens is 305 g/mol. The Hall–Kier alpha value is -2.29. The van der Waals surface area contributed by atoms with Gasteiger partial charge in [-0.2, -0.15) is 13.2 Å². The van der Waals surface area contributed by atoms with Gasteiger partial charge in [-0.15, -0.1) is 0 Å². The fraction of sp³-hybridized carbons (Fsp3) is 0.385. The second-order valence-corrected chi connectivity index (χ2v) is 4.38. The number of nitrogens with two attached hydrogens (primary N) is 1. The minimum atomic E-state index is -4.33. The van der Waals surface area contributed by atoms with Crippen LogP contribution in [0.2, 0.25) is 0 Å². The normalized spacial score (nSPS) is 11.9. The second-order valence-electron chi connectivity index (χ2n) is 4.38. The minimum absolute atomic E-state index is 0.441. The van der Waals surface area contributed by atoms with Crippen LogP contribution in [0, 0.1) is 13.8 Å². The molecule has 1 rings (SSSR count). The maximum absolute atomic E-state index is 12.4. The fourth-order valence-corrected chi connectivity index (χ4v) is 1.31. The van der Waals surface area contributed by atoms with Gasteiger partial charge < -0.3 is 21.3 Å². The molecule has 22 heavy (non-hydrogen) atoms. The minimum Gasteiger partial charge on any atom is -0.473 e. The SMILES string of the molecule is Cc1ccc(NC(CN)C(F)(F)F)cc1C.O=C(O)C(=O)O. The van der Waals surface area contributed by atoms with Crippen molar-refractivity contribution in [3.63, 3.8) is 0 Å². The van der Waals surface area contributed by atoms with Gasteiger partial charge in [-0.1, -0.05) is 6.07 Å². The van der Waals surface area contributed by atoms with Gasteiger partial charge in [0.05, 0.1) is 0 Å². The van der Waals surface area contributed by atoms with Gasteiger partial charge in [0.15, 0.2) is 0 Å². The highest BCUT2D eigenvalue weighted by Crippen LogP contribution is 2.24. The van der Waals surface area contributed by atoms with Gasteiger partial charge in [0.2, 0.25) is 0 Å². The number of carboxylic acid groups (broad SMARTS) is 2. The van der Waals surface area contributed by atoms with Crippen molar-refractivity contribution >= 4 is 17.6 Å². The van der Waals surface area contributed by atoms with Crippen molar-refractivity contribution in [2.75, 3.05) is 11.9 Å². The average Bonchev–Trinajstić information content (AvgIpc) is 2.39. The number of halogens is 3. The summed E-state index contributed by atoms with van der Waals surface area (Å²) in [6.45, 7) is 3.28. The van der Waals surface area contributed by atoms with E-state index >= 15 is 0 Å². The van der Waals surface area contributed by atoms with E-state index in [0.29, 0.717) is 5.69 Å². The molecule has 1 aromatic carbocycles. The van der Waals surface area contributed by atoms with Crippen molar-refractivity contribution < 1.29 is 33.0 Å². The number of hydrogen-bond donors (Lipinski definition) is 4. The lowest BCUT2D eigenvalue weighted by Crippen LogP contribution is -2.42. The van der Waals surface area contributed by atoms with E-state index in [4.69, 9.17) is 25.5 Å². The molecule has 1 atom stereocenters. The number of alkyl halides is 3. The van der Waals surface area contributed by atoms with Gasteiger partial charge in [-0.05, 0) is 37.1 Å². The lowest BCUT2D eigenvalue weighted by atomic mass is 10.1. The predicted molar refractivity (Wildman–Crippen MR) is 73.7 cm³/mol. The Morgan fingerprint density at radius 1 is 1.18 bits per heavy atom. The molecule has 0 aliphatic rings. The average molecular weight is 322 g/mol. The van der Waals surface area contributed by atoms with E-state index in [1.54, 1.807) is 18.2 Å². The van der Waals surface area contributed by atoms with E-state index in [1.165, 1.54) is 0 Å². The summed E-state index contributed by atoms with van der Waals surface area (Å²) in [5, 5.41) is 17.2. The van der Waals surface area contributed by atoms with Gasteiger partial charge in [0.25, 0.3) is 0 Å². The molecule has 1 unspecified atom stereocenters. The number of nitrogens with one attached hydrogen (secondary N) is 1. The first kappa shape index (κ1) is 19.7. The van der Waals surface area contributed by atoms with Gasteiger partial charge in [0.1, 0.15) is 6.04 Å². The number of carboxylic acids is 2. The highest BCUT2D eigenvalue weighted by Gasteiger charge is 2.38. The van der Waals surface area contributed by atoms with Gasteiger partial charge in [-0.25, -0.2) is 9.59 Å². The van der Waals surface area contributed by atoms with Crippen LogP contribution in [0.3, 0.4) is 0 Å². The van der Waals surface area contributed by atoms with Crippen molar-refractivity contribution in [3.05, 3.63) is 29.3 Å². The zero-order valence-corrected chi connectivity index (χ0v) is 11.9. The van der Waals surface area contributed by atoms with Crippen molar-refractivity contribution in [1.82, 2.24) is 0 Å². The van der Waals surface area contributed by atoms with Crippen molar-refractivity contribution in [2.24, 2.45) is 5.73 Å². The largest absolute Gasteiger partial charge is 0.473 e. The molecular formula is C13H17F3N2O4. The van der Waals surface area contributed by atoms with Crippen LogP contribution >= 0.6 is 0 Å². The fourth-order valence-electron chi connectivity index (χ4n) is 1.31. The smallest absolute Gasteiger partial charge is 0.414 e. The van der Waals surface area contributed by atoms with E-state index in [0.717, 1.165) is 11.1 Å². The molecule has 1 aromatic rings. The highest BCUT2D eigenvalue weighted by molar-refractivity contribution is 6.27. The Balaban J connectivity index is 0.000000626. The molecule has 0 fully saturated rings. The van der Waals surface area contributed by atoms with Gasteiger partial charge >= 0.3 is 18.1 Å². The van der Waals surface area contributed by atoms with Gasteiger partial charge in [0, 0.05) is 12.2 Å². The Kier molecular flexibility index (Phi) is 7.37. The lowest BCUT2D eigenvalue weighted by Gasteiger charge is -2.21. The molecule has 0 saturated heterocycles. The number of hydrogen-bond acceptors (Lipinski definition) is 4. The molecule has 0 bridgehead atoms. The molecule has 0 heterocycles. The van der Waals surface area contributed by atoms with Crippen LogP contribution in [-0.2, 0) is 9.59 Å². The van der Waals surface area contributed by atoms with Crippen LogP contribution in [0.4, 0.5) is 18.9 Å². The number of aryl methyl sites for hydroxylation is 2. The van der Waals surface area contributed by atoms with E-state index in [9.17, 15) is 13.2 Å². The van der Waals surface area contributed by atoms with Crippen molar-refractivity contribution in [2.45, 2.75) is 26.1 Å². The quantitative estimate of drug-likeness (QED) is 0.631. The lowest BCUT2D eigenvalue weighted by molar-refractivity contribution is -0.159. The predicted octanol–water partition coefficient (Wildman–Crippen LogP) is 1.76. The maximum atomic E-state index is 12.4. The zero-order chi connectivity index (χ0) is 17.5. The zero-order valence-electron chi connectivity index (χ0n) is 11.9. The molecule has 0 aliphatic heterocycles. The number of anilines is 1. The van der Waals surface area contributed by atoms with Crippen LogP contribution in [0.25, 0.3) is 0 Å². The summed E-state index contributed by atoms with van der Waals surface area (Å²) in [6.07, 6.45) is -4.33. The number of benzene rings is 1. The molecule has 0 radical (unpaired) electrons. The molecule has 0 aromatic heterocycles. The summed E-state index contributed by atoms with van der Waals surface area (Å²) < 4.78 is 37.3. The molecule has 6 nitrogen and oxygen atoms in total. The Labute approximate surface area is 124 Å². The molecule has 0 aliphatic carbocycles. The molecule has 0 saturated carbocycles. The van der Waals surface area contributed by atoms with Crippen LogP contribution in [0.15, 0.2) is 18.2 Å². The molecule has 5 N–H and O–H groups in total. The third-order valence-electron chi connectivity index (χ3n) is 2.66. The van der Waals surface area contributed by atoms with E-state index < -0.39 is 30.7 Å². The third-order valence-corrected chi connectivity index (χ3v) is 2.66. The van der Waals surface area contributed by atoms with E-state index in [2.05, 4.69) is 5.32 Å². The summed E-state index contributed by atoms with van der Waals surface area (Å²) in [7, 11) is 0. The Morgan fingerprint density at radius 2 is 1.68 bits per heavy atom. The monoisotopic (exact) mass is 322 g/mol. The number of carbonyl (C=O) groups is 2. The first-order valence-electron chi connectivity index (χ1n) is 6.05. The second kappa shape index (κ2) is 8.23. The summed E-state index contributed by atoms with van der Waals surface area (Å²) in [4.78, 5) is 18.2. The first-order valence-corrected chi connectivity index (χ1v) is 6.05. The number of aliphatic carboxylic acids is 2. The van der Waals surface area contributed by atoms with Crippen LogP contribution in [0.1, 0.15) is 11.1 Å². The van der Waals surface area contributed by atoms with Crippen molar-refractivity contribution in [3.8, 4) is 0 Å². The van der Waals surface area contributed by atoms with Crippen LogP contribution < -0.4 is 11.1 Å². The van der Waals surface area contributed by atoms with Gasteiger partial charge in [-0.3, -0.25) is 0 Å². The molecule has 0 spiro atoms. The van der Waals surface area contributed by atoms with Crippen molar-refractivity contribution in [1.29, 1.82) is 0 Å².